The lowest BCUT2D eigenvalue weighted by Crippen LogP contribution is -2.26. The molecule has 172 valence electrons. The first-order valence-electron chi connectivity index (χ1n) is 10.1. The van der Waals surface area contributed by atoms with E-state index in [0.29, 0.717) is 41.3 Å². The van der Waals surface area contributed by atoms with Gasteiger partial charge in [-0.3, -0.25) is 9.78 Å². The molecule has 3 N–H and O–H groups in total. The Morgan fingerprint density at radius 3 is 2.70 bits per heavy atom. The Kier molecular flexibility index (Phi) is 8.09. The quantitative estimate of drug-likeness (QED) is 0.318. The number of anilines is 3. The van der Waals surface area contributed by atoms with Gasteiger partial charge in [-0.25, -0.2) is 14.2 Å². The van der Waals surface area contributed by atoms with E-state index in [1.807, 2.05) is 0 Å². The average molecular weight is 473 g/mol. The van der Waals surface area contributed by atoms with E-state index in [0.717, 1.165) is 0 Å². The predicted octanol–water partition coefficient (Wildman–Crippen LogP) is 3.80. The highest BCUT2D eigenvalue weighted by atomic mass is 35.5. The van der Waals surface area contributed by atoms with Gasteiger partial charge in [0.25, 0.3) is 0 Å². The Bertz CT molecular complexity index is 1160. The molecule has 0 atom stereocenters. The normalized spacial score (nSPS) is 10.4. The maximum Gasteiger partial charge on any atom is 0.339 e. The van der Waals surface area contributed by atoms with Crippen molar-refractivity contribution in [3.63, 3.8) is 0 Å². The summed E-state index contributed by atoms with van der Waals surface area (Å²) in [6.07, 6.45) is 4.56. The number of hydrogen-bond donors (Lipinski definition) is 3. The highest BCUT2D eigenvalue weighted by molar-refractivity contribution is 6.31. The molecule has 0 radical (unpaired) electrons. The molecule has 0 saturated heterocycles. The average Bonchev–Trinajstić information content (AvgIpc) is 2.79. The van der Waals surface area contributed by atoms with Gasteiger partial charge in [-0.15, -0.1) is 0 Å². The van der Waals surface area contributed by atoms with E-state index in [1.54, 1.807) is 25.4 Å². The fraction of sp³-hybridized carbons (Fsp3) is 0.227. The monoisotopic (exact) mass is 472 g/mol. The fourth-order valence-corrected chi connectivity index (χ4v) is 3.00. The molecule has 0 aliphatic rings. The van der Waals surface area contributed by atoms with Crippen LogP contribution in [-0.4, -0.2) is 46.5 Å². The SMILES string of the molecule is CCOC(=O)c1cncc(-c2cnc(Nc3ccc(F)c(Cl)c3)nc2NCCNC(C)=O)c1. The van der Waals surface area contributed by atoms with E-state index < -0.39 is 11.8 Å². The third-order valence-corrected chi connectivity index (χ3v) is 4.61. The third-order valence-electron chi connectivity index (χ3n) is 4.32. The van der Waals surface area contributed by atoms with Crippen molar-refractivity contribution in [2.75, 3.05) is 30.3 Å². The van der Waals surface area contributed by atoms with Crippen LogP contribution in [0.4, 0.5) is 21.8 Å². The molecular weight excluding hydrogens is 451 g/mol. The van der Waals surface area contributed by atoms with E-state index in [-0.39, 0.29) is 23.5 Å². The molecule has 11 heteroatoms. The number of halogens is 2. The topological polar surface area (TPSA) is 118 Å². The number of esters is 1. The molecular formula is C22H22ClFN6O3. The van der Waals surface area contributed by atoms with Gasteiger partial charge in [-0.1, -0.05) is 11.6 Å². The van der Waals surface area contributed by atoms with Crippen LogP contribution in [0.5, 0.6) is 0 Å². The molecule has 0 bridgehead atoms. The number of benzene rings is 1. The summed E-state index contributed by atoms with van der Waals surface area (Å²) in [7, 11) is 0. The van der Waals surface area contributed by atoms with Crippen LogP contribution >= 0.6 is 11.6 Å². The van der Waals surface area contributed by atoms with Gasteiger partial charge in [0.05, 0.1) is 17.2 Å². The van der Waals surface area contributed by atoms with Crippen LogP contribution in [0.1, 0.15) is 24.2 Å². The van der Waals surface area contributed by atoms with Crippen LogP contribution in [0.25, 0.3) is 11.1 Å². The van der Waals surface area contributed by atoms with Gasteiger partial charge in [0.1, 0.15) is 11.6 Å². The van der Waals surface area contributed by atoms with E-state index in [9.17, 15) is 14.0 Å². The number of aromatic nitrogens is 3. The van der Waals surface area contributed by atoms with Gasteiger partial charge in [0.15, 0.2) is 0 Å². The van der Waals surface area contributed by atoms with Crippen LogP contribution in [0.15, 0.2) is 42.9 Å². The largest absolute Gasteiger partial charge is 0.462 e. The number of carbonyl (C=O) groups is 2. The second kappa shape index (κ2) is 11.2. The van der Waals surface area contributed by atoms with Gasteiger partial charge in [0.2, 0.25) is 11.9 Å². The van der Waals surface area contributed by atoms with Gasteiger partial charge in [-0.2, -0.15) is 4.98 Å². The van der Waals surface area contributed by atoms with Crippen molar-refractivity contribution in [1.29, 1.82) is 0 Å². The molecule has 3 aromatic rings. The molecule has 3 rings (SSSR count). The van der Waals surface area contributed by atoms with E-state index >= 15 is 0 Å². The number of carbonyl (C=O) groups excluding carboxylic acids is 2. The van der Waals surface area contributed by atoms with Crippen molar-refractivity contribution in [3.05, 3.63) is 59.3 Å². The maximum absolute atomic E-state index is 13.4. The second-order valence-electron chi connectivity index (χ2n) is 6.80. The number of amides is 1. The van der Waals surface area contributed by atoms with Crippen LogP contribution in [0.2, 0.25) is 5.02 Å². The van der Waals surface area contributed by atoms with Gasteiger partial charge < -0.3 is 20.7 Å². The Hall–Kier alpha value is -3.79. The second-order valence-corrected chi connectivity index (χ2v) is 7.21. The van der Waals surface area contributed by atoms with Crippen LogP contribution in [-0.2, 0) is 9.53 Å². The highest BCUT2D eigenvalue weighted by Gasteiger charge is 2.14. The first-order chi connectivity index (χ1) is 15.9. The highest BCUT2D eigenvalue weighted by Crippen LogP contribution is 2.28. The molecule has 0 unspecified atom stereocenters. The summed E-state index contributed by atoms with van der Waals surface area (Å²) in [6.45, 7) is 4.15. The van der Waals surface area contributed by atoms with Gasteiger partial charge in [-0.05, 0) is 31.2 Å². The van der Waals surface area contributed by atoms with E-state index in [4.69, 9.17) is 16.3 Å². The molecule has 2 aromatic heterocycles. The van der Waals surface area contributed by atoms with Gasteiger partial charge in [0, 0.05) is 55.4 Å². The number of hydrogen-bond acceptors (Lipinski definition) is 8. The number of nitrogens with zero attached hydrogens (tertiary/aromatic N) is 3. The zero-order valence-corrected chi connectivity index (χ0v) is 18.7. The van der Waals surface area contributed by atoms with Crippen molar-refractivity contribution >= 4 is 40.9 Å². The zero-order chi connectivity index (χ0) is 23.8. The minimum Gasteiger partial charge on any atom is -0.462 e. The Morgan fingerprint density at radius 1 is 1.15 bits per heavy atom. The van der Waals surface area contributed by atoms with Crippen LogP contribution < -0.4 is 16.0 Å². The number of nitrogens with one attached hydrogen (secondary N) is 3. The first-order valence-corrected chi connectivity index (χ1v) is 10.4. The molecule has 0 aliphatic carbocycles. The summed E-state index contributed by atoms with van der Waals surface area (Å²) in [5.74, 6) is -0.499. The minimum atomic E-state index is -0.534. The first kappa shape index (κ1) is 23.9. The lowest BCUT2D eigenvalue weighted by molar-refractivity contribution is -0.118. The third kappa shape index (κ3) is 6.59. The summed E-state index contributed by atoms with van der Waals surface area (Å²) in [5, 5.41) is 8.78. The van der Waals surface area contributed by atoms with Crippen molar-refractivity contribution in [1.82, 2.24) is 20.3 Å². The molecule has 0 aliphatic heterocycles. The maximum atomic E-state index is 13.4. The molecule has 9 nitrogen and oxygen atoms in total. The van der Waals surface area contributed by atoms with E-state index in [2.05, 4.69) is 30.9 Å². The Balaban J connectivity index is 1.91. The molecule has 1 amide bonds. The Labute approximate surface area is 194 Å². The molecule has 0 saturated carbocycles. The molecule has 0 fully saturated rings. The van der Waals surface area contributed by atoms with Crippen LogP contribution in [0, 0.1) is 5.82 Å². The summed E-state index contributed by atoms with van der Waals surface area (Å²) >= 11 is 5.84. The molecule has 33 heavy (non-hydrogen) atoms. The fourth-order valence-electron chi connectivity index (χ4n) is 2.82. The molecule has 2 heterocycles. The smallest absolute Gasteiger partial charge is 0.339 e. The molecule has 0 spiro atoms. The minimum absolute atomic E-state index is 0.0351. The summed E-state index contributed by atoms with van der Waals surface area (Å²) in [6, 6.07) is 5.80. The van der Waals surface area contributed by atoms with Crippen molar-refractivity contribution in [2.45, 2.75) is 13.8 Å². The lowest BCUT2D eigenvalue weighted by atomic mass is 10.1. The van der Waals surface area contributed by atoms with E-state index in [1.165, 1.54) is 31.3 Å². The van der Waals surface area contributed by atoms with Crippen molar-refractivity contribution in [2.24, 2.45) is 0 Å². The number of pyridine rings is 1. The summed E-state index contributed by atoms with van der Waals surface area (Å²) in [5.41, 5.74) is 1.98. The zero-order valence-electron chi connectivity index (χ0n) is 18.0. The van der Waals surface area contributed by atoms with Crippen LogP contribution in [0.3, 0.4) is 0 Å². The summed E-state index contributed by atoms with van der Waals surface area (Å²) < 4.78 is 18.5. The predicted molar refractivity (Wildman–Crippen MR) is 123 cm³/mol. The Morgan fingerprint density at radius 2 is 1.97 bits per heavy atom. The van der Waals surface area contributed by atoms with Gasteiger partial charge >= 0.3 is 5.97 Å². The lowest BCUT2D eigenvalue weighted by Gasteiger charge is -2.14. The van der Waals surface area contributed by atoms with Crippen molar-refractivity contribution in [3.8, 4) is 11.1 Å². The number of ether oxygens (including phenoxy) is 1. The standard InChI is InChI=1S/C22H22ClFN6O3/c1-3-33-21(32)15-8-14(10-25-11-15)17-12-28-22(29-16-4-5-19(24)18(23)9-16)30-20(17)27-7-6-26-13(2)31/h4-5,8-12H,3,6-7H2,1-2H3,(H,26,31)(H2,27,28,29,30). The number of rotatable bonds is 9. The summed E-state index contributed by atoms with van der Waals surface area (Å²) in [4.78, 5) is 36.2. The van der Waals surface area contributed by atoms with Crippen molar-refractivity contribution < 1.29 is 18.7 Å². The molecule has 1 aromatic carbocycles.